The van der Waals surface area contributed by atoms with Crippen LogP contribution in [0.25, 0.3) is 0 Å². The smallest absolute Gasteiger partial charge is 0.309 e. The standard InChI is InChI=1S/C14H19BrN6O3/c1-4-19-8-11(15)12(17-19)9-18(3)14(22)5-6-20-10(2)13(7-16-20)21(23)24/h7-8H,4-6,9H2,1-3H3. The van der Waals surface area contributed by atoms with Gasteiger partial charge in [-0.05, 0) is 29.8 Å². The van der Waals surface area contributed by atoms with E-state index in [4.69, 9.17) is 0 Å². The molecule has 10 heteroatoms. The van der Waals surface area contributed by atoms with Crippen LogP contribution in [-0.4, -0.2) is 42.3 Å². The van der Waals surface area contributed by atoms with Gasteiger partial charge in [-0.25, -0.2) is 0 Å². The van der Waals surface area contributed by atoms with Crippen LogP contribution in [0.1, 0.15) is 24.7 Å². The Hall–Kier alpha value is -2.23. The van der Waals surface area contributed by atoms with E-state index in [1.165, 1.54) is 10.9 Å². The number of amides is 1. The van der Waals surface area contributed by atoms with E-state index in [9.17, 15) is 14.9 Å². The highest BCUT2D eigenvalue weighted by Gasteiger charge is 2.18. The molecule has 0 aliphatic carbocycles. The second-order valence-corrected chi connectivity index (χ2v) is 6.23. The third kappa shape index (κ3) is 3.99. The molecule has 0 atom stereocenters. The van der Waals surface area contributed by atoms with Crippen molar-refractivity contribution in [3.8, 4) is 0 Å². The van der Waals surface area contributed by atoms with Gasteiger partial charge in [0.2, 0.25) is 5.91 Å². The van der Waals surface area contributed by atoms with Crippen LogP contribution in [0.3, 0.4) is 0 Å². The summed E-state index contributed by atoms with van der Waals surface area (Å²) in [5.41, 5.74) is 1.20. The van der Waals surface area contributed by atoms with Crippen molar-refractivity contribution in [2.24, 2.45) is 0 Å². The zero-order chi connectivity index (χ0) is 17.9. The molecule has 24 heavy (non-hydrogen) atoms. The summed E-state index contributed by atoms with van der Waals surface area (Å²) < 4.78 is 4.14. The minimum atomic E-state index is -0.478. The summed E-state index contributed by atoms with van der Waals surface area (Å²) >= 11 is 3.44. The van der Waals surface area contributed by atoms with Crippen LogP contribution in [0.4, 0.5) is 5.69 Å². The van der Waals surface area contributed by atoms with Crippen LogP contribution < -0.4 is 0 Å². The normalized spacial score (nSPS) is 10.8. The van der Waals surface area contributed by atoms with Gasteiger partial charge >= 0.3 is 5.69 Å². The van der Waals surface area contributed by atoms with Crippen LogP contribution in [0.2, 0.25) is 0 Å². The van der Waals surface area contributed by atoms with Gasteiger partial charge in [0.05, 0.1) is 28.2 Å². The Kier molecular flexibility index (Phi) is 5.71. The SMILES string of the molecule is CCn1cc(Br)c(CN(C)C(=O)CCn2ncc([N+](=O)[O-])c2C)n1. The summed E-state index contributed by atoms with van der Waals surface area (Å²) in [7, 11) is 1.71. The second-order valence-electron chi connectivity index (χ2n) is 5.37. The molecule has 0 unspecified atom stereocenters. The molecule has 0 aliphatic rings. The van der Waals surface area contributed by atoms with Gasteiger partial charge in [-0.15, -0.1) is 0 Å². The van der Waals surface area contributed by atoms with E-state index in [-0.39, 0.29) is 18.0 Å². The van der Waals surface area contributed by atoms with Crippen molar-refractivity contribution in [3.05, 3.63) is 38.4 Å². The molecule has 9 nitrogen and oxygen atoms in total. The minimum Gasteiger partial charge on any atom is -0.340 e. The molecule has 0 bridgehead atoms. The molecule has 2 rings (SSSR count). The lowest BCUT2D eigenvalue weighted by molar-refractivity contribution is -0.385. The van der Waals surface area contributed by atoms with Crippen molar-refractivity contribution in [2.45, 2.75) is 39.9 Å². The molecule has 2 aromatic rings. The van der Waals surface area contributed by atoms with Gasteiger partial charge in [0.25, 0.3) is 0 Å². The topological polar surface area (TPSA) is 99.1 Å². The number of nitro groups is 1. The van der Waals surface area contributed by atoms with Crippen molar-refractivity contribution in [1.29, 1.82) is 0 Å². The molecule has 0 aliphatic heterocycles. The van der Waals surface area contributed by atoms with Crippen LogP contribution in [0.15, 0.2) is 16.9 Å². The van der Waals surface area contributed by atoms with E-state index in [1.807, 2.05) is 13.1 Å². The highest BCUT2D eigenvalue weighted by molar-refractivity contribution is 9.10. The van der Waals surface area contributed by atoms with Crippen LogP contribution in [0, 0.1) is 17.0 Å². The number of hydrogen-bond acceptors (Lipinski definition) is 5. The molecule has 0 fully saturated rings. The molecule has 0 radical (unpaired) electrons. The maximum atomic E-state index is 12.3. The molecule has 130 valence electrons. The first-order valence-corrected chi connectivity index (χ1v) is 8.25. The zero-order valence-electron chi connectivity index (χ0n) is 13.8. The molecule has 0 saturated heterocycles. The molecule has 0 aromatic carbocycles. The van der Waals surface area contributed by atoms with Gasteiger partial charge in [0.15, 0.2) is 0 Å². The van der Waals surface area contributed by atoms with E-state index in [0.717, 1.165) is 16.7 Å². The maximum Gasteiger partial charge on any atom is 0.309 e. The quantitative estimate of drug-likeness (QED) is 0.525. The summed E-state index contributed by atoms with van der Waals surface area (Å²) in [6.45, 7) is 5.06. The molecule has 2 heterocycles. The summed E-state index contributed by atoms with van der Waals surface area (Å²) in [6.07, 6.45) is 3.29. The molecule has 1 amide bonds. The highest BCUT2D eigenvalue weighted by Crippen LogP contribution is 2.18. The molecule has 2 aromatic heterocycles. The number of hydrogen-bond donors (Lipinski definition) is 0. The lowest BCUT2D eigenvalue weighted by Crippen LogP contribution is -2.27. The maximum absolute atomic E-state index is 12.3. The summed E-state index contributed by atoms with van der Waals surface area (Å²) in [6, 6.07) is 0. The minimum absolute atomic E-state index is 0.0372. The van der Waals surface area contributed by atoms with Crippen molar-refractivity contribution < 1.29 is 9.72 Å². The Morgan fingerprint density at radius 2 is 2.21 bits per heavy atom. The fraction of sp³-hybridized carbons (Fsp3) is 0.500. The third-order valence-electron chi connectivity index (χ3n) is 3.74. The number of halogens is 1. The lowest BCUT2D eigenvalue weighted by Gasteiger charge is -2.16. The highest BCUT2D eigenvalue weighted by atomic mass is 79.9. The molecule has 0 spiro atoms. The number of carbonyl (C=O) groups is 1. The average molecular weight is 399 g/mol. The van der Waals surface area contributed by atoms with Gasteiger partial charge < -0.3 is 4.90 Å². The number of nitrogens with zero attached hydrogens (tertiary/aromatic N) is 6. The number of aryl methyl sites for hydroxylation is 2. The summed E-state index contributed by atoms with van der Waals surface area (Å²) in [4.78, 5) is 24.2. The molecular weight excluding hydrogens is 380 g/mol. The van der Waals surface area contributed by atoms with Crippen LogP contribution in [0.5, 0.6) is 0 Å². The first-order chi connectivity index (χ1) is 11.3. The van der Waals surface area contributed by atoms with Crippen molar-refractivity contribution in [3.63, 3.8) is 0 Å². The van der Waals surface area contributed by atoms with E-state index < -0.39 is 4.92 Å². The van der Waals surface area contributed by atoms with Crippen molar-refractivity contribution >= 4 is 27.5 Å². The summed E-state index contributed by atoms with van der Waals surface area (Å²) in [5, 5.41) is 19.2. The molecular formula is C14H19BrN6O3. The van der Waals surface area contributed by atoms with Crippen molar-refractivity contribution in [2.75, 3.05) is 7.05 Å². The Bertz CT molecular complexity index is 754. The van der Waals surface area contributed by atoms with Gasteiger partial charge in [-0.3, -0.25) is 24.3 Å². The summed E-state index contributed by atoms with van der Waals surface area (Å²) in [5.74, 6) is -0.0782. The third-order valence-corrected chi connectivity index (χ3v) is 4.40. The van der Waals surface area contributed by atoms with E-state index in [1.54, 1.807) is 23.6 Å². The average Bonchev–Trinajstić information content (AvgIpc) is 3.08. The first kappa shape index (κ1) is 18.1. The predicted molar refractivity (Wildman–Crippen MR) is 90.3 cm³/mol. The Morgan fingerprint density at radius 3 is 2.75 bits per heavy atom. The fourth-order valence-electron chi connectivity index (χ4n) is 2.25. The number of rotatable bonds is 7. The number of aromatic nitrogens is 4. The van der Waals surface area contributed by atoms with E-state index >= 15 is 0 Å². The predicted octanol–water partition coefficient (Wildman–Crippen LogP) is 2.13. The van der Waals surface area contributed by atoms with Gasteiger partial charge in [-0.2, -0.15) is 10.2 Å². The van der Waals surface area contributed by atoms with Gasteiger partial charge in [0.1, 0.15) is 11.9 Å². The Morgan fingerprint density at radius 1 is 1.50 bits per heavy atom. The molecule has 0 saturated carbocycles. The van der Waals surface area contributed by atoms with Gasteiger partial charge in [0, 0.05) is 26.2 Å². The zero-order valence-corrected chi connectivity index (χ0v) is 15.4. The van der Waals surface area contributed by atoms with Crippen LogP contribution in [-0.2, 0) is 24.4 Å². The van der Waals surface area contributed by atoms with E-state index in [0.29, 0.717) is 18.8 Å². The largest absolute Gasteiger partial charge is 0.340 e. The fourth-order valence-corrected chi connectivity index (χ4v) is 2.69. The van der Waals surface area contributed by atoms with Crippen LogP contribution >= 0.6 is 15.9 Å². The monoisotopic (exact) mass is 398 g/mol. The Balaban J connectivity index is 1.94. The van der Waals surface area contributed by atoms with Gasteiger partial charge in [-0.1, -0.05) is 0 Å². The van der Waals surface area contributed by atoms with Crippen molar-refractivity contribution in [1.82, 2.24) is 24.5 Å². The Labute approximate surface area is 147 Å². The van der Waals surface area contributed by atoms with E-state index in [2.05, 4.69) is 26.1 Å². The lowest BCUT2D eigenvalue weighted by atomic mass is 10.3. The molecule has 0 N–H and O–H groups in total. The first-order valence-electron chi connectivity index (χ1n) is 7.46. The number of carbonyl (C=O) groups excluding carboxylic acids is 1. The second kappa shape index (κ2) is 7.56.